The summed E-state index contributed by atoms with van der Waals surface area (Å²) in [5.41, 5.74) is 0.442. The van der Waals surface area contributed by atoms with Crippen LogP contribution in [0.1, 0.15) is 23.0 Å². The maximum absolute atomic E-state index is 10.7. The number of furan rings is 1. The highest BCUT2D eigenvalue weighted by molar-refractivity contribution is 5.95. The Labute approximate surface area is 58.3 Å². The van der Waals surface area contributed by atoms with Gasteiger partial charge in [-0.25, -0.2) is 0 Å². The topological polar surface area (TPSA) is 50.4 Å². The predicted molar refractivity (Wildman–Crippen MR) is 35.1 cm³/mol. The van der Waals surface area contributed by atoms with Crippen molar-refractivity contribution in [3.05, 3.63) is 17.4 Å². The lowest BCUT2D eigenvalue weighted by molar-refractivity contribution is 0.101. The molecule has 1 aromatic rings. The van der Waals surface area contributed by atoms with Gasteiger partial charge in [0.2, 0.25) is 0 Å². The van der Waals surface area contributed by atoms with Gasteiger partial charge in [0.15, 0.2) is 5.78 Å². The molecule has 0 saturated heterocycles. The maximum Gasteiger partial charge on any atom is 0.282 e. The third-order valence-corrected chi connectivity index (χ3v) is 1.28. The van der Waals surface area contributed by atoms with Gasteiger partial charge >= 0.3 is 0 Å². The Morgan fingerprint density at radius 1 is 1.70 bits per heavy atom. The normalized spacial score (nSPS) is 9.80. The van der Waals surface area contributed by atoms with E-state index in [1.54, 1.807) is 6.92 Å². The van der Waals surface area contributed by atoms with Crippen LogP contribution in [-0.4, -0.2) is 10.9 Å². The molecule has 1 rings (SSSR count). The summed E-state index contributed by atoms with van der Waals surface area (Å²) in [7, 11) is 0. The molecule has 1 aromatic heterocycles. The van der Waals surface area contributed by atoms with Crippen LogP contribution in [0.25, 0.3) is 0 Å². The van der Waals surface area contributed by atoms with Gasteiger partial charge in [-0.05, 0) is 13.8 Å². The molecule has 0 spiro atoms. The van der Waals surface area contributed by atoms with Gasteiger partial charge in [-0.1, -0.05) is 0 Å². The van der Waals surface area contributed by atoms with Gasteiger partial charge in [0.1, 0.15) is 5.76 Å². The average molecular weight is 140 g/mol. The van der Waals surface area contributed by atoms with E-state index in [1.807, 2.05) is 0 Å². The summed E-state index contributed by atoms with van der Waals surface area (Å²) in [4.78, 5) is 10.7. The Kier molecular flexibility index (Phi) is 1.49. The molecule has 0 saturated carbocycles. The largest absolute Gasteiger partial charge is 0.481 e. The highest BCUT2D eigenvalue weighted by atomic mass is 16.5. The summed E-state index contributed by atoms with van der Waals surface area (Å²) >= 11 is 0. The molecule has 1 heterocycles. The van der Waals surface area contributed by atoms with E-state index in [9.17, 15) is 4.79 Å². The minimum Gasteiger partial charge on any atom is -0.481 e. The second-order valence-electron chi connectivity index (χ2n) is 2.11. The van der Waals surface area contributed by atoms with Gasteiger partial charge in [0, 0.05) is 6.07 Å². The molecule has 54 valence electrons. The second kappa shape index (κ2) is 2.17. The van der Waals surface area contributed by atoms with Crippen LogP contribution in [0.3, 0.4) is 0 Å². The zero-order valence-corrected chi connectivity index (χ0v) is 5.84. The molecule has 3 nitrogen and oxygen atoms in total. The van der Waals surface area contributed by atoms with Crippen LogP contribution in [0.2, 0.25) is 0 Å². The molecule has 10 heavy (non-hydrogen) atoms. The number of hydrogen-bond donors (Lipinski definition) is 1. The fourth-order valence-electron chi connectivity index (χ4n) is 0.816. The lowest BCUT2D eigenvalue weighted by Crippen LogP contribution is -1.89. The molecule has 3 heteroatoms. The van der Waals surface area contributed by atoms with Crippen molar-refractivity contribution < 1.29 is 14.3 Å². The summed E-state index contributed by atoms with van der Waals surface area (Å²) in [6, 6.07) is 1.32. The van der Waals surface area contributed by atoms with Gasteiger partial charge in [-0.3, -0.25) is 4.79 Å². The summed E-state index contributed by atoms with van der Waals surface area (Å²) in [5, 5.41) is 8.76. The van der Waals surface area contributed by atoms with Gasteiger partial charge in [0.25, 0.3) is 5.95 Å². The lowest BCUT2D eigenvalue weighted by atomic mass is 10.2. The van der Waals surface area contributed by atoms with Crippen LogP contribution in [0.5, 0.6) is 5.95 Å². The first-order valence-corrected chi connectivity index (χ1v) is 2.91. The number of aromatic hydroxyl groups is 1. The molecular weight excluding hydrogens is 132 g/mol. The molecule has 0 aliphatic rings. The van der Waals surface area contributed by atoms with Crippen molar-refractivity contribution in [2.75, 3.05) is 0 Å². The van der Waals surface area contributed by atoms with Crippen molar-refractivity contribution in [3.8, 4) is 5.95 Å². The van der Waals surface area contributed by atoms with E-state index in [0.29, 0.717) is 11.3 Å². The van der Waals surface area contributed by atoms with E-state index in [2.05, 4.69) is 0 Å². The molecule has 0 fully saturated rings. The van der Waals surface area contributed by atoms with Gasteiger partial charge in [-0.2, -0.15) is 0 Å². The summed E-state index contributed by atoms with van der Waals surface area (Å²) < 4.78 is 4.71. The molecule has 0 aliphatic carbocycles. The molecule has 0 unspecified atom stereocenters. The Morgan fingerprint density at radius 3 is 2.50 bits per heavy atom. The number of aryl methyl sites for hydroxylation is 1. The average Bonchev–Trinajstić information content (AvgIpc) is 2.10. The molecule has 1 N–H and O–H groups in total. The molecule has 0 bridgehead atoms. The van der Waals surface area contributed by atoms with Gasteiger partial charge < -0.3 is 9.52 Å². The Morgan fingerprint density at radius 2 is 2.30 bits per heavy atom. The molecule has 0 atom stereocenters. The van der Waals surface area contributed by atoms with Crippen LogP contribution in [0.4, 0.5) is 0 Å². The quantitative estimate of drug-likeness (QED) is 0.601. The fraction of sp³-hybridized carbons (Fsp3) is 0.286. The first-order chi connectivity index (χ1) is 4.61. The van der Waals surface area contributed by atoms with E-state index in [-0.39, 0.29) is 11.7 Å². The minimum absolute atomic E-state index is 0.0958. The Balaban J connectivity index is 3.15. The highest BCUT2D eigenvalue weighted by Crippen LogP contribution is 2.19. The SMILES string of the molecule is CC(=O)c1cc(O)oc1C. The van der Waals surface area contributed by atoms with Crippen molar-refractivity contribution >= 4 is 5.78 Å². The van der Waals surface area contributed by atoms with E-state index < -0.39 is 0 Å². The van der Waals surface area contributed by atoms with Crippen LogP contribution >= 0.6 is 0 Å². The van der Waals surface area contributed by atoms with Gasteiger partial charge in [-0.15, -0.1) is 0 Å². The predicted octanol–water partition coefficient (Wildman–Crippen LogP) is 1.50. The van der Waals surface area contributed by atoms with Crippen LogP contribution in [0, 0.1) is 6.92 Å². The smallest absolute Gasteiger partial charge is 0.282 e. The number of rotatable bonds is 1. The monoisotopic (exact) mass is 140 g/mol. The Bertz CT molecular complexity index is 260. The Hall–Kier alpha value is -1.25. The van der Waals surface area contributed by atoms with Crippen LogP contribution in [-0.2, 0) is 0 Å². The zero-order valence-electron chi connectivity index (χ0n) is 5.84. The van der Waals surface area contributed by atoms with Crippen LogP contribution < -0.4 is 0 Å². The summed E-state index contributed by atoms with van der Waals surface area (Å²) in [6.45, 7) is 3.06. The standard InChI is InChI=1S/C7H8O3/c1-4(8)6-3-7(9)10-5(6)2/h3,9H,1-2H3. The number of hydrogen-bond acceptors (Lipinski definition) is 3. The summed E-state index contributed by atoms with van der Waals surface area (Å²) in [6.07, 6.45) is 0. The molecule has 0 aromatic carbocycles. The van der Waals surface area contributed by atoms with E-state index in [0.717, 1.165) is 0 Å². The number of Topliss-reactive ketones (excluding diaryl/α,β-unsaturated/α-hetero) is 1. The number of carbonyl (C=O) groups excluding carboxylic acids is 1. The molecule has 0 aliphatic heterocycles. The molecule has 0 amide bonds. The lowest BCUT2D eigenvalue weighted by Gasteiger charge is -1.85. The van der Waals surface area contributed by atoms with Crippen molar-refractivity contribution in [1.82, 2.24) is 0 Å². The van der Waals surface area contributed by atoms with Crippen molar-refractivity contribution in [2.45, 2.75) is 13.8 Å². The number of ketones is 1. The molecule has 0 radical (unpaired) electrons. The maximum atomic E-state index is 10.7. The van der Waals surface area contributed by atoms with Gasteiger partial charge in [0.05, 0.1) is 5.56 Å². The first-order valence-electron chi connectivity index (χ1n) is 2.91. The van der Waals surface area contributed by atoms with E-state index in [1.165, 1.54) is 13.0 Å². The third kappa shape index (κ3) is 1.03. The van der Waals surface area contributed by atoms with E-state index >= 15 is 0 Å². The van der Waals surface area contributed by atoms with Crippen molar-refractivity contribution in [3.63, 3.8) is 0 Å². The zero-order chi connectivity index (χ0) is 7.72. The third-order valence-electron chi connectivity index (χ3n) is 1.28. The van der Waals surface area contributed by atoms with E-state index in [4.69, 9.17) is 9.52 Å². The second-order valence-corrected chi connectivity index (χ2v) is 2.11. The van der Waals surface area contributed by atoms with Crippen LogP contribution in [0.15, 0.2) is 10.5 Å². The fourth-order valence-corrected chi connectivity index (χ4v) is 0.816. The molecular formula is C7H8O3. The minimum atomic E-state index is -0.206. The number of carbonyl (C=O) groups is 1. The van der Waals surface area contributed by atoms with Crippen molar-refractivity contribution in [2.24, 2.45) is 0 Å². The van der Waals surface area contributed by atoms with Crippen molar-refractivity contribution in [1.29, 1.82) is 0 Å². The summed E-state index contributed by atoms with van der Waals surface area (Å²) in [5.74, 6) is 0.161. The highest BCUT2D eigenvalue weighted by Gasteiger charge is 2.09. The first kappa shape index (κ1) is 6.86.